The molecule has 122 valence electrons. The summed E-state index contributed by atoms with van der Waals surface area (Å²) in [7, 11) is 0. The molecule has 3 aromatic rings. The van der Waals surface area contributed by atoms with E-state index in [1.54, 1.807) is 0 Å². The molecular weight excluding hydrogens is 348 g/mol. The molecule has 0 aliphatic rings. The van der Waals surface area contributed by atoms with E-state index >= 15 is 0 Å². The van der Waals surface area contributed by atoms with Gasteiger partial charge in [0.15, 0.2) is 0 Å². The quantitative estimate of drug-likeness (QED) is 0.385. The van der Waals surface area contributed by atoms with Gasteiger partial charge < -0.3 is 5.11 Å². The van der Waals surface area contributed by atoms with Crippen molar-refractivity contribution in [3.05, 3.63) is 70.0 Å². The molecule has 0 unspecified atom stereocenters. The Morgan fingerprint density at radius 3 is 1.88 bits per heavy atom. The van der Waals surface area contributed by atoms with Gasteiger partial charge in [0.1, 0.15) is 21.9 Å². The lowest BCUT2D eigenvalue weighted by molar-refractivity contribution is 0.376. The van der Waals surface area contributed by atoms with Gasteiger partial charge in [-0.1, -0.05) is 60.3 Å². The monoisotopic (exact) mass is 362 g/mol. The Labute approximate surface area is 154 Å². The SMILES string of the molecule is N#C/C(SCO)=C(\C#N)SCc1c2ccccc2cc2ccccc12. The molecule has 0 bridgehead atoms. The third kappa shape index (κ3) is 3.65. The zero-order valence-corrected chi connectivity index (χ0v) is 14.9. The number of nitriles is 2. The van der Waals surface area contributed by atoms with Gasteiger partial charge in [0.25, 0.3) is 0 Å². The van der Waals surface area contributed by atoms with Crippen LogP contribution in [0.2, 0.25) is 0 Å². The molecule has 0 radical (unpaired) electrons. The highest BCUT2D eigenvalue weighted by Gasteiger charge is 2.12. The number of aliphatic hydroxyl groups is 1. The summed E-state index contributed by atoms with van der Waals surface area (Å²) < 4.78 is 0. The van der Waals surface area contributed by atoms with Crippen molar-refractivity contribution in [2.24, 2.45) is 0 Å². The summed E-state index contributed by atoms with van der Waals surface area (Å²) in [6.07, 6.45) is 0. The van der Waals surface area contributed by atoms with Crippen LogP contribution in [0.15, 0.2) is 64.4 Å². The van der Waals surface area contributed by atoms with Crippen LogP contribution < -0.4 is 0 Å². The number of aliphatic hydroxyl groups excluding tert-OH is 1. The summed E-state index contributed by atoms with van der Waals surface area (Å²) in [5.41, 5.74) is 1.15. The molecule has 1 N–H and O–H groups in total. The second-order valence-electron chi connectivity index (χ2n) is 5.24. The molecule has 0 saturated heterocycles. The van der Waals surface area contributed by atoms with Crippen molar-refractivity contribution in [1.82, 2.24) is 0 Å². The van der Waals surface area contributed by atoms with Gasteiger partial charge in [0.2, 0.25) is 0 Å². The van der Waals surface area contributed by atoms with Gasteiger partial charge in [-0.15, -0.1) is 11.8 Å². The van der Waals surface area contributed by atoms with Crippen LogP contribution in [0.3, 0.4) is 0 Å². The van der Waals surface area contributed by atoms with Crippen molar-refractivity contribution >= 4 is 45.1 Å². The fraction of sp³-hybridized carbons (Fsp3) is 0.100. The molecule has 0 aliphatic heterocycles. The Balaban J connectivity index is 2.08. The highest BCUT2D eigenvalue weighted by Crippen LogP contribution is 2.35. The summed E-state index contributed by atoms with van der Waals surface area (Å²) in [5, 5.41) is 32.2. The van der Waals surface area contributed by atoms with Crippen LogP contribution in [0.5, 0.6) is 0 Å². The molecule has 3 nitrogen and oxygen atoms in total. The van der Waals surface area contributed by atoms with E-state index in [1.165, 1.54) is 11.8 Å². The van der Waals surface area contributed by atoms with E-state index in [2.05, 4.69) is 36.4 Å². The lowest BCUT2D eigenvalue weighted by atomic mass is 9.98. The molecule has 0 atom stereocenters. The number of hydrogen-bond acceptors (Lipinski definition) is 5. The number of thioether (sulfide) groups is 2. The normalized spacial score (nSPS) is 11.8. The zero-order chi connectivity index (χ0) is 17.6. The van der Waals surface area contributed by atoms with Gasteiger partial charge in [-0.25, -0.2) is 0 Å². The molecule has 25 heavy (non-hydrogen) atoms. The minimum atomic E-state index is -0.216. The molecule has 3 rings (SSSR count). The summed E-state index contributed by atoms with van der Waals surface area (Å²) in [5.74, 6) is 0.369. The predicted octanol–water partition coefficient (Wildman–Crippen LogP) is 5.17. The van der Waals surface area contributed by atoms with Crippen molar-refractivity contribution in [2.45, 2.75) is 5.75 Å². The molecule has 0 heterocycles. The standard InChI is InChI=1S/C20H14N2OS2/c21-10-19(20(11-22)25-13-23)24-12-18-16-7-3-1-5-14(16)9-15-6-2-4-8-17(15)18/h1-9,23H,12-13H2/b20-19-. The molecule has 5 heteroatoms. The summed E-state index contributed by atoms with van der Waals surface area (Å²) in [4.78, 5) is 0.609. The van der Waals surface area contributed by atoms with Crippen molar-refractivity contribution in [2.75, 3.05) is 5.94 Å². The van der Waals surface area contributed by atoms with Crippen LogP contribution in [-0.2, 0) is 5.75 Å². The van der Waals surface area contributed by atoms with Crippen molar-refractivity contribution in [1.29, 1.82) is 10.5 Å². The number of nitrogens with zero attached hydrogens (tertiary/aromatic N) is 2. The molecular formula is C20H14N2OS2. The molecule has 0 aliphatic carbocycles. The van der Waals surface area contributed by atoms with Crippen LogP contribution in [0, 0.1) is 22.7 Å². The first-order valence-electron chi connectivity index (χ1n) is 7.58. The highest BCUT2D eigenvalue weighted by atomic mass is 32.2. The van der Waals surface area contributed by atoms with E-state index in [4.69, 9.17) is 5.11 Å². The van der Waals surface area contributed by atoms with E-state index in [-0.39, 0.29) is 10.8 Å². The number of allylic oxidation sites excluding steroid dienone is 2. The van der Waals surface area contributed by atoms with Crippen LogP contribution >= 0.6 is 23.5 Å². The van der Waals surface area contributed by atoms with E-state index in [0.29, 0.717) is 10.7 Å². The van der Waals surface area contributed by atoms with Gasteiger partial charge in [0.05, 0.1) is 5.94 Å². The maximum Gasteiger partial charge on any atom is 0.111 e. The summed E-state index contributed by atoms with van der Waals surface area (Å²) >= 11 is 2.32. The second kappa shape index (κ2) is 8.09. The molecule has 0 aromatic heterocycles. The number of rotatable bonds is 5. The van der Waals surface area contributed by atoms with Crippen LogP contribution in [0.25, 0.3) is 21.5 Å². The van der Waals surface area contributed by atoms with Gasteiger partial charge in [0, 0.05) is 5.75 Å². The van der Waals surface area contributed by atoms with Crippen molar-refractivity contribution in [3.63, 3.8) is 0 Å². The van der Waals surface area contributed by atoms with Crippen molar-refractivity contribution in [3.8, 4) is 12.1 Å². The van der Waals surface area contributed by atoms with Crippen LogP contribution in [-0.4, -0.2) is 11.0 Å². The van der Waals surface area contributed by atoms with E-state index in [0.717, 1.165) is 38.9 Å². The van der Waals surface area contributed by atoms with Crippen molar-refractivity contribution < 1.29 is 5.11 Å². The zero-order valence-electron chi connectivity index (χ0n) is 13.3. The van der Waals surface area contributed by atoms with Crippen LogP contribution in [0.4, 0.5) is 0 Å². The number of hydrogen-bond donors (Lipinski definition) is 1. The average molecular weight is 362 g/mol. The Morgan fingerprint density at radius 1 is 0.840 bits per heavy atom. The molecule has 3 aromatic carbocycles. The second-order valence-corrected chi connectivity index (χ2v) is 7.18. The maximum atomic E-state index is 9.38. The molecule has 0 amide bonds. The van der Waals surface area contributed by atoms with E-state index in [9.17, 15) is 10.5 Å². The Kier molecular flexibility index (Phi) is 5.63. The topological polar surface area (TPSA) is 67.8 Å². The largest absolute Gasteiger partial charge is 0.385 e. The third-order valence-corrected chi connectivity index (χ3v) is 5.72. The summed E-state index contributed by atoms with van der Waals surface area (Å²) in [6.45, 7) is 0. The van der Waals surface area contributed by atoms with Crippen LogP contribution in [0.1, 0.15) is 5.56 Å². The van der Waals surface area contributed by atoms with Gasteiger partial charge in [-0.2, -0.15) is 10.5 Å². The van der Waals surface area contributed by atoms with Gasteiger partial charge >= 0.3 is 0 Å². The number of fused-ring (bicyclic) bond motifs is 2. The summed E-state index contributed by atoms with van der Waals surface area (Å²) in [6, 6.07) is 22.6. The smallest absolute Gasteiger partial charge is 0.111 e. The average Bonchev–Trinajstić information content (AvgIpc) is 2.66. The Hall–Kier alpha value is -2.44. The van der Waals surface area contributed by atoms with Gasteiger partial charge in [-0.05, 0) is 33.2 Å². The first-order chi connectivity index (χ1) is 12.3. The fourth-order valence-corrected chi connectivity index (χ4v) is 4.33. The van der Waals surface area contributed by atoms with E-state index < -0.39 is 0 Å². The van der Waals surface area contributed by atoms with Gasteiger partial charge in [-0.3, -0.25) is 0 Å². The Morgan fingerprint density at radius 2 is 1.36 bits per heavy atom. The highest BCUT2D eigenvalue weighted by molar-refractivity contribution is 8.06. The third-order valence-electron chi connectivity index (χ3n) is 3.86. The maximum absolute atomic E-state index is 9.38. The lowest BCUT2D eigenvalue weighted by Crippen LogP contribution is -1.90. The lowest BCUT2D eigenvalue weighted by Gasteiger charge is -2.11. The Bertz CT molecular complexity index is 991. The molecule has 0 fully saturated rings. The fourth-order valence-electron chi connectivity index (χ4n) is 2.77. The predicted molar refractivity (Wildman–Crippen MR) is 106 cm³/mol. The number of benzene rings is 3. The molecule has 0 spiro atoms. The minimum Gasteiger partial charge on any atom is -0.385 e. The van der Waals surface area contributed by atoms with E-state index in [1.807, 2.05) is 30.3 Å². The molecule has 0 saturated carbocycles. The minimum absolute atomic E-state index is 0.216. The first-order valence-corrected chi connectivity index (χ1v) is 9.56. The first kappa shape index (κ1) is 17.4.